The molecule has 0 amide bonds. The Morgan fingerprint density at radius 1 is 0.920 bits per heavy atom. The Bertz CT molecular complexity index is 957. The van der Waals surface area contributed by atoms with Gasteiger partial charge in [-0.15, -0.1) is 0 Å². The molecular formula is C21H16ClNOS. The first-order valence-electron chi connectivity index (χ1n) is 8.02. The van der Waals surface area contributed by atoms with Gasteiger partial charge in [0.1, 0.15) is 0 Å². The molecule has 0 bridgehead atoms. The van der Waals surface area contributed by atoms with E-state index in [1.165, 1.54) is 0 Å². The molecule has 0 aliphatic carbocycles. The van der Waals surface area contributed by atoms with Gasteiger partial charge in [0, 0.05) is 16.3 Å². The maximum Gasteiger partial charge on any atom is 0.262 e. The SMILES string of the molecule is CC1(c2ccccc2)OC(=S)Nc2ccc(-c3cccc(Cl)c3)cc21. The topological polar surface area (TPSA) is 21.3 Å². The molecule has 3 aromatic rings. The van der Waals surface area contributed by atoms with Crippen LogP contribution in [0.2, 0.25) is 5.02 Å². The fourth-order valence-electron chi connectivity index (χ4n) is 3.24. The van der Waals surface area contributed by atoms with E-state index in [1.807, 2.05) is 42.5 Å². The lowest BCUT2D eigenvalue weighted by molar-refractivity contribution is 0.118. The fourth-order valence-corrected chi connectivity index (χ4v) is 3.71. The molecule has 0 aromatic heterocycles. The van der Waals surface area contributed by atoms with Crippen molar-refractivity contribution in [3.8, 4) is 11.1 Å². The highest BCUT2D eigenvalue weighted by molar-refractivity contribution is 7.80. The molecule has 3 aromatic carbocycles. The zero-order valence-electron chi connectivity index (χ0n) is 13.6. The van der Waals surface area contributed by atoms with Crippen LogP contribution in [0.25, 0.3) is 11.1 Å². The highest BCUT2D eigenvalue weighted by atomic mass is 35.5. The molecule has 1 atom stereocenters. The second-order valence-corrected chi connectivity index (χ2v) is 6.99. The lowest BCUT2D eigenvalue weighted by Gasteiger charge is -2.37. The summed E-state index contributed by atoms with van der Waals surface area (Å²) >= 11 is 11.5. The van der Waals surface area contributed by atoms with Crippen LogP contribution < -0.4 is 5.32 Å². The van der Waals surface area contributed by atoms with E-state index in [4.69, 9.17) is 28.6 Å². The number of thiocarbonyl (C=S) groups is 1. The molecule has 4 heteroatoms. The molecule has 1 aliphatic rings. The van der Waals surface area contributed by atoms with Crippen molar-refractivity contribution in [2.24, 2.45) is 0 Å². The Morgan fingerprint density at radius 2 is 1.68 bits per heavy atom. The Labute approximate surface area is 157 Å². The molecule has 0 fully saturated rings. The standard InChI is InChI=1S/C21H16ClNOS/c1-21(16-7-3-2-4-8-16)18-13-15(14-6-5-9-17(22)12-14)10-11-19(18)23-20(25)24-21/h2-13H,1H3,(H,23,25). The number of hydrogen-bond acceptors (Lipinski definition) is 2. The van der Waals surface area contributed by atoms with Crippen LogP contribution in [0.4, 0.5) is 5.69 Å². The molecule has 0 saturated heterocycles. The third kappa shape index (κ3) is 2.90. The summed E-state index contributed by atoms with van der Waals surface area (Å²) in [6, 6.07) is 24.2. The fraction of sp³-hybridized carbons (Fsp3) is 0.0952. The lowest BCUT2D eigenvalue weighted by Crippen LogP contribution is -2.38. The maximum absolute atomic E-state index is 6.16. The molecule has 1 unspecified atom stereocenters. The predicted molar refractivity (Wildman–Crippen MR) is 107 cm³/mol. The molecular weight excluding hydrogens is 350 g/mol. The molecule has 0 radical (unpaired) electrons. The van der Waals surface area contributed by atoms with E-state index in [9.17, 15) is 0 Å². The van der Waals surface area contributed by atoms with E-state index < -0.39 is 5.60 Å². The Morgan fingerprint density at radius 3 is 2.44 bits per heavy atom. The monoisotopic (exact) mass is 365 g/mol. The minimum Gasteiger partial charge on any atom is -0.455 e. The number of nitrogens with one attached hydrogen (secondary N) is 1. The van der Waals surface area contributed by atoms with Crippen LogP contribution in [-0.4, -0.2) is 5.17 Å². The van der Waals surface area contributed by atoms with Crippen LogP contribution in [0.5, 0.6) is 0 Å². The van der Waals surface area contributed by atoms with Gasteiger partial charge >= 0.3 is 0 Å². The average Bonchev–Trinajstić information content (AvgIpc) is 2.62. The number of hydrogen-bond donors (Lipinski definition) is 1. The van der Waals surface area contributed by atoms with Crippen molar-refractivity contribution < 1.29 is 4.74 Å². The van der Waals surface area contributed by atoms with Crippen molar-refractivity contribution in [2.75, 3.05) is 5.32 Å². The summed E-state index contributed by atoms with van der Waals surface area (Å²) in [6.07, 6.45) is 0. The van der Waals surface area contributed by atoms with Gasteiger partial charge in [0.25, 0.3) is 5.17 Å². The molecule has 124 valence electrons. The summed E-state index contributed by atoms with van der Waals surface area (Å²) in [5, 5.41) is 4.26. The smallest absolute Gasteiger partial charge is 0.262 e. The molecule has 25 heavy (non-hydrogen) atoms. The molecule has 0 saturated carbocycles. The molecule has 4 rings (SSSR count). The van der Waals surface area contributed by atoms with Crippen LogP contribution in [0.1, 0.15) is 18.1 Å². The third-order valence-electron chi connectivity index (χ3n) is 4.55. The number of fused-ring (bicyclic) bond motifs is 1. The van der Waals surface area contributed by atoms with Crippen molar-refractivity contribution >= 4 is 34.7 Å². The number of ether oxygens (including phenoxy) is 1. The van der Waals surface area contributed by atoms with Crippen molar-refractivity contribution in [1.29, 1.82) is 0 Å². The zero-order valence-corrected chi connectivity index (χ0v) is 15.2. The van der Waals surface area contributed by atoms with Crippen LogP contribution in [-0.2, 0) is 10.3 Å². The van der Waals surface area contributed by atoms with Gasteiger partial charge < -0.3 is 10.1 Å². The molecule has 2 nitrogen and oxygen atoms in total. The first-order valence-corrected chi connectivity index (χ1v) is 8.81. The Kier molecular flexibility index (Phi) is 3.98. The normalized spacial score (nSPS) is 18.9. The van der Waals surface area contributed by atoms with Gasteiger partial charge in [0.15, 0.2) is 5.60 Å². The van der Waals surface area contributed by atoms with Crippen LogP contribution in [0, 0.1) is 0 Å². The lowest BCUT2D eigenvalue weighted by atomic mass is 9.84. The Balaban J connectivity index is 1.89. The first kappa shape index (κ1) is 16.1. The van der Waals surface area contributed by atoms with E-state index in [2.05, 4.69) is 42.6 Å². The van der Waals surface area contributed by atoms with E-state index >= 15 is 0 Å². The first-order chi connectivity index (χ1) is 12.1. The minimum atomic E-state index is -0.645. The molecule has 1 aliphatic heterocycles. The van der Waals surface area contributed by atoms with E-state index in [-0.39, 0.29) is 0 Å². The van der Waals surface area contributed by atoms with E-state index in [1.54, 1.807) is 0 Å². The number of benzene rings is 3. The van der Waals surface area contributed by atoms with Crippen LogP contribution in [0.3, 0.4) is 0 Å². The van der Waals surface area contributed by atoms with Crippen LogP contribution >= 0.6 is 23.8 Å². The minimum absolute atomic E-state index is 0.384. The molecule has 0 spiro atoms. The average molecular weight is 366 g/mol. The maximum atomic E-state index is 6.16. The van der Waals surface area contributed by atoms with Gasteiger partial charge in [-0.05, 0) is 60.1 Å². The summed E-state index contributed by atoms with van der Waals surface area (Å²) in [7, 11) is 0. The van der Waals surface area contributed by atoms with Gasteiger partial charge in [0.2, 0.25) is 0 Å². The molecule has 1 heterocycles. The summed E-state index contributed by atoms with van der Waals surface area (Å²) in [4.78, 5) is 0. The number of anilines is 1. The van der Waals surface area contributed by atoms with Gasteiger partial charge in [-0.2, -0.15) is 0 Å². The summed E-state index contributed by atoms with van der Waals surface area (Å²) in [5.74, 6) is 0. The van der Waals surface area contributed by atoms with Crippen molar-refractivity contribution in [3.05, 3.63) is 88.9 Å². The summed E-state index contributed by atoms with van der Waals surface area (Å²) < 4.78 is 6.10. The van der Waals surface area contributed by atoms with Gasteiger partial charge in [-0.3, -0.25) is 0 Å². The Hall–Kier alpha value is -2.36. The van der Waals surface area contributed by atoms with Crippen LogP contribution in [0.15, 0.2) is 72.8 Å². The zero-order chi connectivity index (χ0) is 17.4. The van der Waals surface area contributed by atoms with Gasteiger partial charge in [-0.1, -0.05) is 60.1 Å². The summed E-state index contributed by atoms with van der Waals surface area (Å²) in [5.41, 5.74) is 4.58. The highest BCUT2D eigenvalue weighted by Crippen LogP contribution is 2.42. The van der Waals surface area contributed by atoms with Gasteiger partial charge in [-0.25, -0.2) is 0 Å². The quantitative estimate of drug-likeness (QED) is 0.563. The summed E-state index contributed by atoms with van der Waals surface area (Å²) in [6.45, 7) is 2.05. The van der Waals surface area contributed by atoms with Crippen molar-refractivity contribution in [3.63, 3.8) is 0 Å². The highest BCUT2D eigenvalue weighted by Gasteiger charge is 2.38. The van der Waals surface area contributed by atoms with E-state index in [0.717, 1.165) is 33.0 Å². The number of rotatable bonds is 2. The second-order valence-electron chi connectivity index (χ2n) is 6.18. The second kappa shape index (κ2) is 6.17. The number of halogens is 1. The molecule has 1 N–H and O–H groups in total. The third-order valence-corrected chi connectivity index (χ3v) is 4.97. The van der Waals surface area contributed by atoms with Crippen molar-refractivity contribution in [2.45, 2.75) is 12.5 Å². The van der Waals surface area contributed by atoms with E-state index in [0.29, 0.717) is 5.17 Å². The van der Waals surface area contributed by atoms with Crippen molar-refractivity contribution in [1.82, 2.24) is 0 Å². The largest absolute Gasteiger partial charge is 0.455 e. The predicted octanol–water partition coefficient (Wildman–Crippen LogP) is 6.00. The van der Waals surface area contributed by atoms with Gasteiger partial charge in [0.05, 0.1) is 0 Å².